The minimum atomic E-state index is -3.98. The van der Waals surface area contributed by atoms with Gasteiger partial charge >= 0.3 is 0 Å². The largest absolute Gasteiger partial charge is 0.363 e. The van der Waals surface area contributed by atoms with E-state index in [4.69, 9.17) is 0 Å². The van der Waals surface area contributed by atoms with Crippen molar-refractivity contribution in [3.8, 4) is 0 Å². The number of anilines is 2. The van der Waals surface area contributed by atoms with Crippen LogP contribution in [0.4, 0.5) is 20.4 Å². The topological polar surface area (TPSA) is 102 Å². The minimum absolute atomic E-state index is 0.0458. The number of sulfonamides is 1. The molecule has 4 rings (SSSR count). The summed E-state index contributed by atoms with van der Waals surface area (Å²) in [5.41, 5.74) is 1.18. The summed E-state index contributed by atoms with van der Waals surface area (Å²) in [4.78, 5) is 8.70. The number of aryl methyl sites for hydroxylation is 1. The van der Waals surface area contributed by atoms with E-state index in [1.165, 1.54) is 23.1 Å². The zero-order valence-corrected chi connectivity index (χ0v) is 16.5. The van der Waals surface area contributed by atoms with E-state index in [1.807, 2.05) is 0 Å². The lowest BCUT2D eigenvalue weighted by atomic mass is 10.2. The molecule has 2 aromatic heterocycles. The van der Waals surface area contributed by atoms with Gasteiger partial charge in [0.2, 0.25) is 0 Å². The Morgan fingerprint density at radius 3 is 2.37 bits per heavy atom. The van der Waals surface area contributed by atoms with Crippen LogP contribution in [0.3, 0.4) is 0 Å². The molecule has 154 valence electrons. The SMILES string of the molecule is Cn1cc(S(=O)(=O)Nc2nc3ccccc3nc2NCc2ccc(F)cc2F)cn1. The van der Waals surface area contributed by atoms with Crippen molar-refractivity contribution in [3.05, 3.63) is 72.1 Å². The van der Waals surface area contributed by atoms with E-state index in [9.17, 15) is 17.2 Å². The molecule has 0 saturated heterocycles. The maximum absolute atomic E-state index is 14.0. The molecular formula is C19H16F2N6O2S. The summed E-state index contributed by atoms with van der Waals surface area (Å²) < 4.78 is 56.3. The van der Waals surface area contributed by atoms with Crippen LogP contribution in [0.5, 0.6) is 0 Å². The van der Waals surface area contributed by atoms with Gasteiger partial charge in [-0.15, -0.1) is 0 Å². The molecule has 0 unspecified atom stereocenters. The number of nitrogens with zero attached hydrogens (tertiary/aromatic N) is 4. The fourth-order valence-corrected chi connectivity index (χ4v) is 3.75. The summed E-state index contributed by atoms with van der Waals surface area (Å²) >= 11 is 0. The van der Waals surface area contributed by atoms with Crippen molar-refractivity contribution in [1.29, 1.82) is 0 Å². The second kappa shape index (κ2) is 7.67. The van der Waals surface area contributed by atoms with Gasteiger partial charge in [0, 0.05) is 31.4 Å². The summed E-state index contributed by atoms with van der Waals surface area (Å²) in [6.45, 7) is -0.0548. The fraction of sp³-hybridized carbons (Fsp3) is 0.105. The molecule has 0 aliphatic carbocycles. The molecule has 0 atom stereocenters. The second-order valence-corrected chi connectivity index (χ2v) is 8.14. The van der Waals surface area contributed by atoms with Gasteiger partial charge in [0.25, 0.3) is 10.0 Å². The predicted octanol–water partition coefficient (Wildman–Crippen LogP) is 3.05. The van der Waals surface area contributed by atoms with Crippen LogP contribution in [-0.4, -0.2) is 28.2 Å². The molecule has 30 heavy (non-hydrogen) atoms. The summed E-state index contributed by atoms with van der Waals surface area (Å²) in [6, 6.07) is 10.1. The number of para-hydroxylation sites is 2. The standard InChI is InChI=1S/C19H16F2N6O2S/c1-27-11-14(10-23-27)30(28,29)26-19-18(24-16-4-2-3-5-17(16)25-19)22-9-12-6-7-13(20)8-15(12)21/h2-8,10-11H,9H2,1H3,(H,22,24)(H,25,26). The molecule has 0 aliphatic rings. The lowest BCUT2D eigenvalue weighted by Gasteiger charge is -2.13. The number of hydrogen-bond donors (Lipinski definition) is 2. The highest BCUT2D eigenvalue weighted by atomic mass is 32.2. The minimum Gasteiger partial charge on any atom is -0.363 e. The Balaban J connectivity index is 1.70. The highest BCUT2D eigenvalue weighted by Gasteiger charge is 2.20. The molecule has 8 nitrogen and oxygen atoms in total. The van der Waals surface area contributed by atoms with Crippen molar-refractivity contribution in [3.63, 3.8) is 0 Å². The maximum atomic E-state index is 14.0. The lowest BCUT2D eigenvalue weighted by Crippen LogP contribution is -2.16. The summed E-state index contributed by atoms with van der Waals surface area (Å²) in [7, 11) is -2.38. The monoisotopic (exact) mass is 430 g/mol. The fourth-order valence-electron chi connectivity index (χ4n) is 2.76. The highest BCUT2D eigenvalue weighted by Crippen LogP contribution is 2.25. The van der Waals surface area contributed by atoms with E-state index in [-0.39, 0.29) is 28.6 Å². The van der Waals surface area contributed by atoms with Crippen molar-refractivity contribution >= 4 is 32.7 Å². The third-order valence-corrected chi connectivity index (χ3v) is 5.55. The van der Waals surface area contributed by atoms with Crippen LogP contribution >= 0.6 is 0 Å². The Kier molecular flexibility index (Phi) is 5.04. The first kappa shape index (κ1) is 19.7. The molecule has 11 heteroatoms. The van der Waals surface area contributed by atoms with E-state index in [0.29, 0.717) is 11.0 Å². The third-order valence-electron chi connectivity index (χ3n) is 4.25. The van der Waals surface area contributed by atoms with Crippen LogP contribution in [0.15, 0.2) is 59.8 Å². The Morgan fingerprint density at radius 2 is 1.73 bits per heavy atom. The zero-order valence-electron chi connectivity index (χ0n) is 15.7. The number of nitrogens with one attached hydrogen (secondary N) is 2. The van der Waals surface area contributed by atoms with Crippen molar-refractivity contribution in [2.75, 3.05) is 10.0 Å². The number of hydrogen-bond acceptors (Lipinski definition) is 6. The molecule has 4 aromatic rings. The molecule has 0 fully saturated rings. The Labute approximate surface area is 170 Å². The quantitative estimate of drug-likeness (QED) is 0.488. The number of rotatable bonds is 6. The van der Waals surface area contributed by atoms with Gasteiger partial charge in [0.15, 0.2) is 11.6 Å². The number of fused-ring (bicyclic) bond motifs is 1. The molecule has 0 spiro atoms. The van der Waals surface area contributed by atoms with E-state index < -0.39 is 21.7 Å². The molecule has 0 bridgehead atoms. The molecule has 2 aromatic carbocycles. The van der Waals surface area contributed by atoms with Crippen molar-refractivity contribution < 1.29 is 17.2 Å². The molecule has 2 heterocycles. The Hall–Kier alpha value is -3.60. The van der Waals surface area contributed by atoms with Crippen molar-refractivity contribution in [1.82, 2.24) is 19.7 Å². The Bertz CT molecular complexity index is 1340. The summed E-state index contributed by atoms with van der Waals surface area (Å²) in [5, 5.41) is 6.74. The Morgan fingerprint density at radius 1 is 1.03 bits per heavy atom. The van der Waals surface area contributed by atoms with E-state index in [0.717, 1.165) is 12.1 Å². The van der Waals surface area contributed by atoms with Crippen LogP contribution in [0.1, 0.15) is 5.56 Å². The molecule has 0 radical (unpaired) electrons. The summed E-state index contributed by atoms with van der Waals surface area (Å²) in [6.07, 6.45) is 2.55. The van der Waals surface area contributed by atoms with E-state index in [2.05, 4.69) is 25.1 Å². The second-order valence-electron chi connectivity index (χ2n) is 6.45. The first-order valence-electron chi connectivity index (χ1n) is 8.78. The zero-order chi connectivity index (χ0) is 21.3. The molecule has 0 amide bonds. The molecule has 2 N–H and O–H groups in total. The molecule has 0 aliphatic heterocycles. The van der Waals surface area contributed by atoms with Crippen LogP contribution < -0.4 is 10.0 Å². The van der Waals surface area contributed by atoms with Crippen molar-refractivity contribution in [2.24, 2.45) is 7.05 Å². The van der Waals surface area contributed by atoms with Gasteiger partial charge in [-0.2, -0.15) is 5.10 Å². The van der Waals surface area contributed by atoms with Gasteiger partial charge in [-0.3, -0.25) is 9.40 Å². The third kappa shape index (κ3) is 4.06. The van der Waals surface area contributed by atoms with Gasteiger partial charge < -0.3 is 5.32 Å². The number of aromatic nitrogens is 4. The van der Waals surface area contributed by atoms with Crippen LogP contribution in [0, 0.1) is 11.6 Å². The molecular weight excluding hydrogens is 414 g/mol. The van der Waals surface area contributed by atoms with E-state index >= 15 is 0 Å². The van der Waals surface area contributed by atoms with Gasteiger partial charge in [0.1, 0.15) is 16.5 Å². The summed E-state index contributed by atoms with van der Waals surface area (Å²) in [5.74, 6) is -1.37. The number of benzene rings is 2. The number of halogens is 2. The molecule has 0 saturated carbocycles. The van der Waals surface area contributed by atoms with Gasteiger partial charge in [-0.1, -0.05) is 18.2 Å². The van der Waals surface area contributed by atoms with Gasteiger partial charge in [0.05, 0.1) is 17.2 Å². The van der Waals surface area contributed by atoms with Crippen LogP contribution in [0.25, 0.3) is 11.0 Å². The van der Waals surface area contributed by atoms with E-state index in [1.54, 1.807) is 31.3 Å². The lowest BCUT2D eigenvalue weighted by molar-refractivity contribution is 0.574. The predicted molar refractivity (Wildman–Crippen MR) is 107 cm³/mol. The van der Waals surface area contributed by atoms with Crippen LogP contribution in [0.2, 0.25) is 0 Å². The first-order valence-corrected chi connectivity index (χ1v) is 10.3. The first-order chi connectivity index (χ1) is 14.3. The van der Waals surface area contributed by atoms with Crippen LogP contribution in [-0.2, 0) is 23.6 Å². The average molecular weight is 430 g/mol. The van der Waals surface area contributed by atoms with Gasteiger partial charge in [-0.05, 0) is 18.2 Å². The smallest absolute Gasteiger partial charge is 0.266 e. The highest BCUT2D eigenvalue weighted by molar-refractivity contribution is 7.92. The maximum Gasteiger partial charge on any atom is 0.266 e. The van der Waals surface area contributed by atoms with Crippen molar-refractivity contribution in [2.45, 2.75) is 11.4 Å². The normalized spacial score (nSPS) is 11.6. The average Bonchev–Trinajstić information content (AvgIpc) is 3.14. The van der Waals surface area contributed by atoms with Gasteiger partial charge in [-0.25, -0.2) is 27.2 Å².